The van der Waals surface area contributed by atoms with Gasteiger partial charge in [0.15, 0.2) is 5.76 Å². The third-order valence-corrected chi connectivity index (χ3v) is 5.20. The van der Waals surface area contributed by atoms with Gasteiger partial charge in [0.1, 0.15) is 11.5 Å². The van der Waals surface area contributed by atoms with Gasteiger partial charge in [-0.25, -0.2) is 0 Å². The number of carbonyl (C=O) groups excluding carboxylic acids is 1. The average Bonchev–Trinajstić information content (AvgIpc) is 3.29. The molecule has 2 aromatic rings. The molecule has 7 nitrogen and oxygen atoms in total. The summed E-state index contributed by atoms with van der Waals surface area (Å²) in [6.07, 6.45) is 0.0363. The second-order valence-corrected chi connectivity index (χ2v) is 6.87. The highest BCUT2D eigenvalue weighted by molar-refractivity contribution is 5.91. The Morgan fingerprint density at radius 3 is 2.80 bits per heavy atom. The summed E-state index contributed by atoms with van der Waals surface area (Å²) in [5, 5.41) is 4.04. The lowest BCUT2D eigenvalue weighted by atomic mass is 10.1. The summed E-state index contributed by atoms with van der Waals surface area (Å²) in [4.78, 5) is 16.9. The number of fused-ring (bicyclic) bond motifs is 1. The molecule has 2 fully saturated rings. The predicted octanol–water partition coefficient (Wildman–Crippen LogP) is 1.92. The van der Waals surface area contributed by atoms with Gasteiger partial charge in [0, 0.05) is 31.7 Å². The Balaban J connectivity index is 1.49. The Morgan fingerprint density at radius 2 is 2.12 bits per heavy atom. The average molecular weight is 345 g/mol. The van der Waals surface area contributed by atoms with Crippen LogP contribution in [0, 0.1) is 20.8 Å². The Labute approximate surface area is 146 Å². The van der Waals surface area contributed by atoms with Crippen molar-refractivity contribution in [3.05, 3.63) is 40.7 Å². The molecule has 2 aliphatic heterocycles. The van der Waals surface area contributed by atoms with Crippen LogP contribution >= 0.6 is 0 Å². The van der Waals surface area contributed by atoms with E-state index in [0.717, 1.165) is 35.9 Å². The molecular weight excluding hydrogens is 322 g/mol. The maximum absolute atomic E-state index is 12.7. The number of morpholine rings is 1. The molecule has 0 radical (unpaired) electrons. The summed E-state index contributed by atoms with van der Waals surface area (Å²) in [7, 11) is 0. The van der Waals surface area contributed by atoms with E-state index in [0.29, 0.717) is 25.5 Å². The highest BCUT2D eigenvalue weighted by Gasteiger charge is 2.42. The van der Waals surface area contributed by atoms with Gasteiger partial charge in [-0.05, 0) is 32.9 Å². The van der Waals surface area contributed by atoms with Crippen LogP contribution in [0.5, 0.6) is 0 Å². The summed E-state index contributed by atoms with van der Waals surface area (Å²) in [6.45, 7) is 9.28. The van der Waals surface area contributed by atoms with Crippen molar-refractivity contribution in [2.24, 2.45) is 0 Å². The van der Waals surface area contributed by atoms with Crippen molar-refractivity contribution in [3.63, 3.8) is 0 Å². The number of amides is 1. The molecule has 2 aliphatic rings. The monoisotopic (exact) mass is 345 g/mol. The lowest BCUT2D eigenvalue weighted by Crippen LogP contribution is -2.50. The van der Waals surface area contributed by atoms with Crippen molar-refractivity contribution in [1.82, 2.24) is 15.0 Å². The van der Waals surface area contributed by atoms with Crippen LogP contribution in [0.1, 0.15) is 33.3 Å². The molecule has 7 heteroatoms. The first-order chi connectivity index (χ1) is 12.0. The molecule has 2 aromatic heterocycles. The Hall–Kier alpha value is -2.12. The number of hydrogen-bond acceptors (Lipinski definition) is 6. The van der Waals surface area contributed by atoms with Crippen LogP contribution in [-0.2, 0) is 11.3 Å². The Bertz CT molecular complexity index is 762. The minimum absolute atomic E-state index is 0.0363. The minimum Gasteiger partial charge on any atom is -0.456 e. The molecule has 0 saturated carbocycles. The summed E-state index contributed by atoms with van der Waals surface area (Å²) in [5.41, 5.74) is 2.06. The first-order valence-corrected chi connectivity index (χ1v) is 8.66. The lowest BCUT2D eigenvalue weighted by Gasteiger charge is -2.36. The molecule has 0 aliphatic carbocycles. The quantitative estimate of drug-likeness (QED) is 0.846. The van der Waals surface area contributed by atoms with Crippen molar-refractivity contribution >= 4 is 5.91 Å². The highest BCUT2D eigenvalue weighted by atomic mass is 16.5. The van der Waals surface area contributed by atoms with Crippen molar-refractivity contribution in [2.75, 3.05) is 26.2 Å². The second-order valence-electron chi connectivity index (χ2n) is 6.87. The van der Waals surface area contributed by atoms with Gasteiger partial charge < -0.3 is 18.6 Å². The van der Waals surface area contributed by atoms with E-state index in [1.54, 1.807) is 6.07 Å². The number of likely N-dealkylation sites (tertiary alicyclic amines) is 1. The van der Waals surface area contributed by atoms with Crippen molar-refractivity contribution in [1.29, 1.82) is 0 Å². The van der Waals surface area contributed by atoms with Gasteiger partial charge in [-0.2, -0.15) is 0 Å². The van der Waals surface area contributed by atoms with E-state index in [9.17, 15) is 4.79 Å². The molecule has 0 aromatic carbocycles. The fraction of sp³-hybridized carbons (Fsp3) is 0.556. The molecule has 25 heavy (non-hydrogen) atoms. The Morgan fingerprint density at radius 1 is 1.28 bits per heavy atom. The summed E-state index contributed by atoms with van der Waals surface area (Å²) in [6, 6.07) is 3.74. The number of aryl methyl sites for hydroxylation is 3. The van der Waals surface area contributed by atoms with Gasteiger partial charge in [0.25, 0.3) is 5.91 Å². The molecule has 0 N–H and O–H groups in total. The number of ether oxygens (including phenoxy) is 1. The predicted molar refractivity (Wildman–Crippen MR) is 89.3 cm³/mol. The molecule has 2 atom stereocenters. The maximum Gasteiger partial charge on any atom is 0.289 e. The lowest BCUT2D eigenvalue weighted by molar-refractivity contribution is -0.0505. The topological polar surface area (TPSA) is 72.0 Å². The molecule has 2 saturated heterocycles. The van der Waals surface area contributed by atoms with Gasteiger partial charge in [0.2, 0.25) is 0 Å². The molecule has 0 bridgehead atoms. The highest BCUT2D eigenvalue weighted by Crippen LogP contribution is 2.27. The zero-order chi connectivity index (χ0) is 17.6. The molecule has 0 spiro atoms. The normalized spacial score (nSPS) is 23.9. The van der Waals surface area contributed by atoms with Gasteiger partial charge >= 0.3 is 0 Å². The molecular formula is C18H23N3O4. The number of nitrogens with zero attached hydrogens (tertiary/aromatic N) is 3. The van der Waals surface area contributed by atoms with E-state index in [1.807, 2.05) is 31.7 Å². The van der Waals surface area contributed by atoms with Gasteiger partial charge in [0.05, 0.1) is 24.4 Å². The number of aromatic nitrogens is 1. The number of carbonyl (C=O) groups is 1. The van der Waals surface area contributed by atoms with Crippen LogP contribution in [0.3, 0.4) is 0 Å². The molecule has 4 heterocycles. The fourth-order valence-electron chi connectivity index (χ4n) is 3.76. The van der Waals surface area contributed by atoms with Crippen molar-refractivity contribution in [3.8, 4) is 0 Å². The summed E-state index contributed by atoms with van der Waals surface area (Å²) in [5.74, 6) is 1.94. The SMILES string of the molecule is Cc1ccc(C(=O)N2CC3OCCN(Cc4c(C)noc4C)C3C2)o1. The second kappa shape index (κ2) is 6.31. The minimum atomic E-state index is -0.0663. The number of rotatable bonds is 3. The van der Waals surface area contributed by atoms with Crippen LogP contribution in [0.2, 0.25) is 0 Å². The van der Waals surface area contributed by atoms with Crippen LogP contribution < -0.4 is 0 Å². The maximum atomic E-state index is 12.7. The summed E-state index contributed by atoms with van der Waals surface area (Å²) < 4.78 is 16.7. The van der Waals surface area contributed by atoms with Gasteiger partial charge in [-0.15, -0.1) is 0 Å². The van der Waals surface area contributed by atoms with Crippen LogP contribution in [0.15, 0.2) is 21.1 Å². The van der Waals surface area contributed by atoms with Crippen LogP contribution in [0.25, 0.3) is 0 Å². The number of furan rings is 1. The van der Waals surface area contributed by atoms with Crippen molar-refractivity contribution in [2.45, 2.75) is 39.5 Å². The fourth-order valence-corrected chi connectivity index (χ4v) is 3.76. The van der Waals surface area contributed by atoms with E-state index >= 15 is 0 Å². The first-order valence-electron chi connectivity index (χ1n) is 8.66. The standard InChI is InChI=1S/C18H23N3O4/c1-11-4-5-16(24-11)18(22)21-9-15-17(10-21)23-7-6-20(15)8-14-12(2)19-25-13(14)3/h4-5,15,17H,6-10H2,1-3H3. The molecule has 1 amide bonds. The van der Waals surface area contributed by atoms with E-state index in [4.69, 9.17) is 13.7 Å². The van der Waals surface area contributed by atoms with E-state index in [-0.39, 0.29) is 18.1 Å². The zero-order valence-electron chi connectivity index (χ0n) is 14.8. The smallest absolute Gasteiger partial charge is 0.289 e. The Kier molecular flexibility index (Phi) is 4.13. The van der Waals surface area contributed by atoms with E-state index < -0.39 is 0 Å². The van der Waals surface area contributed by atoms with Crippen LogP contribution in [0.4, 0.5) is 0 Å². The van der Waals surface area contributed by atoms with E-state index in [2.05, 4.69) is 10.1 Å². The third-order valence-electron chi connectivity index (χ3n) is 5.20. The summed E-state index contributed by atoms with van der Waals surface area (Å²) >= 11 is 0. The van der Waals surface area contributed by atoms with Crippen molar-refractivity contribution < 1.29 is 18.5 Å². The molecule has 134 valence electrons. The van der Waals surface area contributed by atoms with Crippen LogP contribution in [-0.4, -0.2) is 59.3 Å². The molecule has 2 unspecified atom stereocenters. The first kappa shape index (κ1) is 16.4. The van der Waals surface area contributed by atoms with Gasteiger partial charge in [-0.3, -0.25) is 9.69 Å². The largest absolute Gasteiger partial charge is 0.456 e. The van der Waals surface area contributed by atoms with Gasteiger partial charge in [-0.1, -0.05) is 5.16 Å². The molecule has 4 rings (SSSR count). The zero-order valence-corrected chi connectivity index (χ0v) is 14.8. The third kappa shape index (κ3) is 2.98. The van der Waals surface area contributed by atoms with E-state index in [1.165, 1.54) is 0 Å². The number of hydrogen-bond donors (Lipinski definition) is 0.